The quantitative estimate of drug-likeness (QED) is 0.876. The summed E-state index contributed by atoms with van der Waals surface area (Å²) in [6.07, 6.45) is 5.97. The molecule has 1 aromatic rings. The molecule has 2 amide bonds. The molecule has 1 saturated carbocycles. The summed E-state index contributed by atoms with van der Waals surface area (Å²) in [5, 5.41) is 2.99. The molecule has 1 atom stereocenters. The Morgan fingerprint density at radius 1 is 1.17 bits per heavy atom. The maximum Gasteiger partial charge on any atom is 0.227 e. The Morgan fingerprint density at radius 3 is 2.43 bits per heavy atom. The Labute approximate surface area is 138 Å². The third-order valence-corrected chi connectivity index (χ3v) is 5.05. The van der Waals surface area contributed by atoms with Crippen molar-refractivity contribution in [1.82, 2.24) is 4.90 Å². The van der Waals surface area contributed by atoms with Crippen molar-refractivity contribution in [2.24, 2.45) is 11.8 Å². The van der Waals surface area contributed by atoms with Gasteiger partial charge in [0, 0.05) is 31.1 Å². The van der Waals surface area contributed by atoms with Crippen molar-refractivity contribution in [2.45, 2.75) is 45.4 Å². The smallest absolute Gasteiger partial charge is 0.227 e. The fourth-order valence-corrected chi connectivity index (χ4v) is 3.20. The maximum atomic E-state index is 12.1. The van der Waals surface area contributed by atoms with Crippen LogP contribution in [-0.4, -0.2) is 29.8 Å². The predicted molar refractivity (Wildman–Crippen MR) is 91.1 cm³/mol. The Morgan fingerprint density at radius 2 is 1.83 bits per heavy atom. The summed E-state index contributed by atoms with van der Waals surface area (Å²) in [7, 11) is 0. The minimum Gasteiger partial charge on any atom is -0.343 e. The largest absolute Gasteiger partial charge is 0.343 e. The maximum absolute atomic E-state index is 12.1. The molecule has 1 unspecified atom stereocenters. The molecular weight excluding hydrogens is 288 g/mol. The van der Waals surface area contributed by atoms with Crippen LogP contribution >= 0.6 is 0 Å². The third-order valence-electron chi connectivity index (χ3n) is 5.05. The van der Waals surface area contributed by atoms with Crippen LogP contribution in [0.4, 0.5) is 5.69 Å². The lowest BCUT2D eigenvalue weighted by Gasteiger charge is -2.15. The number of nitrogens with zero attached hydrogens (tertiary/aromatic N) is 1. The number of hydrogen-bond acceptors (Lipinski definition) is 2. The van der Waals surface area contributed by atoms with Crippen molar-refractivity contribution in [1.29, 1.82) is 0 Å². The second-order valence-electron chi connectivity index (χ2n) is 6.90. The number of likely N-dealkylation sites (tertiary alicyclic amines) is 1. The summed E-state index contributed by atoms with van der Waals surface area (Å²) in [6.45, 7) is 3.84. The fraction of sp³-hybridized carbons (Fsp3) is 0.579. The first-order chi connectivity index (χ1) is 11.1. The van der Waals surface area contributed by atoms with Gasteiger partial charge < -0.3 is 10.2 Å². The van der Waals surface area contributed by atoms with Gasteiger partial charge in [-0.05, 0) is 55.7 Å². The molecule has 0 spiro atoms. The van der Waals surface area contributed by atoms with Gasteiger partial charge in [0.2, 0.25) is 11.8 Å². The van der Waals surface area contributed by atoms with Crippen molar-refractivity contribution in [2.75, 3.05) is 18.4 Å². The van der Waals surface area contributed by atoms with Crippen LogP contribution in [-0.2, 0) is 16.0 Å². The highest BCUT2D eigenvalue weighted by Gasteiger charge is 2.32. The van der Waals surface area contributed by atoms with Crippen molar-refractivity contribution in [3.63, 3.8) is 0 Å². The molecular formula is C19H26N2O2. The van der Waals surface area contributed by atoms with Crippen LogP contribution in [0.1, 0.15) is 44.6 Å². The molecule has 1 aromatic carbocycles. The van der Waals surface area contributed by atoms with Crippen molar-refractivity contribution in [3.05, 3.63) is 29.8 Å². The Kier molecular flexibility index (Phi) is 4.99. The van der Waals surface area contributed by atoms with Gasteiger partial charge >= 0.3 is 0 Å². The molecule has 0 radical (unpaired) electrons. The number of benzene rings is 1. The lowest BCUT2D eigenvalue weighted by atomic mass is 10.1. The molecule has 1 N–H and O–H groups in total. The topological polar surface area (TPSA) is 49.4 Å². The monoisotopic (exact) mass is 314 g/mol. The molecule has 4 heteroatoms. The molecule has 1 aliphatic carbocycles. The van der Waals surface area contributed by atoms with Gasteiger partial charge in [0.1, 0.15) is 0 Å². The summed E-state index contributed by atoms with van der Waals surface area (Å²) < 4.78 is 0. The molecule has 1 aliphatic heterocycles. The van der Waals surface area contributed by atoms with Gasteiger partial charge in [-0.2, -0.15) is 0 Å². The number of amides is 2. The van der Waals surface area contributed by atoms with Crippen LogP contribution < -0.4 is 5.32 Å². The second-order valence-corrected chi connectivity index (χ2v) is 6.90. The number of aryl methyl sites for hydroxylation is 1. The molecule has 0 bridgehead atoms. The SMILES string of the molecule is CC(C(=O)Nc1ccc(CCC(=O)N2CCCC2)cc1)C1CC1. The highest BCUT2D eigenvalue weighted by Crippen LogP contribution is 2.37. The van der Waals surface area contributed by atoms with E-state index in [1.54, 1.807) is 0 Å². The Bertz CT molecular complexity index is 557. The van der Waals surface area contributed by atoms with Crippen LogP contribution in [0.15, 0.2) is 24.3 Å². The number of hydrogen-bond donors (Lipinski definition) is 1. The van der Waals surface area contributed by atoms with Gasteiger partial charge in [-0.1, -0.05) is 19.1 Å². The number of rotatable bonds is 6. The van der Waals surface area contributed by atoms with E-state index >= 15 is 0 Å². The highest BCUT2D eigenvalue weighted by atomic mass is 16.2. The standard InChI is InChI=1S/C19H26N2O2/c1-14(16-7-8-16)19(23)20-17-9-4-15(5-10-17)6-11-18(22)21-12-2-3-13-21/h4-5,9-10,14,16H,2-3,6-8,11-13H2,1H3,(H,20,23). The van der Waals surface area contributed by atoms with Gasteiger partial charge in [-0.25, -0.2) is 0 Å². The van der Waals surface area contributed by atoms with Crippen LogP contribution in [0.2, 0.25) is 0 Å². The zero-order chi connectivity index (χ0) is 16.2. The van der Waals surface area contributed by atoms with Crippen LogP contribution in [0.25, 0.3) is 0 Å². The summed E-state index contributed by atoms with van der Waals surface area (Å²) in [4.78, 5) is 26.1. The number of nitrogens with one attached hydrogen (secondary N) is 1. The summed E-state index contributed by atoms with van der Waals surface area (Å²) in [5.41, 5.74) is 1.99. The lowest BCUT2D eigenvalue weighted by Crippen LogP contribution is -2.27. The van der Waals surface area contributed by atoms with Crippen molar-refractivity contribution >= 4 is 17.5 Å². The molecule has 23 heavy (non-hydrogen) atoms. The molecule has 1 heterocycles. The minimum absolute atomic E-state index is 0.104. The lowest BCUT2D eigenvalue weighted by molar-refractivity contribution is -0.130. The minimum atomic E-state index is 0.104. The molecule has 2 fully saturated rings. The van der Waals surface area contributed by atoms with Crippen LogP contribution in [0.5, 0.6) is 0 Å². The third kappa shape index (κ3) is 4.34. The number of anilines is 1. The summed E-state index contributed by atoms with van der Waals surface area (Å²) in [5.74, 6) is 1.06. The first-order valence-electron chi connectivity index (χ1n) is 8.81. The van der Waals surface area contributed by atoms with Gasteiger partial charge in [0.25, 0.3) is 0 Å². The van der Waals surface area contributed by atoms with E-state index in [4.69, 9.17) is 0 Å². The molecule has 4 nitrogen and oxygen atoms in total. The normalized spacial score (nSPS) is 18.7. The average Bonchev–Trinajstić information content (AvgIpc) is 3.27. The average molecular weight is 314 g/mol. The van der Waals surface area contributed by atoms with E-state index in [0.717, 1.165) is 43.6 Å². The first-order valence-corrected chi connectivity index (χ1v) is 8.81. The Balaban J connectivity index is 1.46. The summed E-state index contributed by atoms with van der Waals surface area (Å²) in [6, 6.07) is 7.89. The van der Waals surface area contributed by atoms with Gasteiger partial charge in [0.15, 0.2) is 0 Å². The van der Waals surface area contributed by atoms with Crippen molar-refractivity contribution in [3.8, 4) is 0 Å². The van der Waals surface area contributed by atoms with Gasteiger partial charge in [0.05, 0.1) is 0 Å². The van der Waals surface area contributed by atoms with E-state index in [2.05, 4.69) is 5.32 Å². The molecule has 3 rings (SSSR count). The molecule has 0 aromatic heterocycles. The number of carbonyl (C=O) groups is 2. The second kappa shape index (κ2) is 7.16. The molecule has 1 saturated heterocycles. The van der Waals surface area contributed by atoms with E-state index in [1.165, 1.54) is 12.8 Å². The molecule has 124 valence electrons. The van der Waals surface area contributed by atoms with E-state index < -0.39 is 0 Å². The van der Waals surface area contributed by atoms with Crippen LogP contribution in [0.3, 0.4) is 0 Å². The van der Waals surface area contributed by atoms with E-state index in [-0.39, 0.29) is 17.7 Å². The molecule has 2 aliphatic rings. The van der Waals surface area contributed by atoms with Crippen LogP contribution in [0, 0.1) is 11.8 Å². The highest BCUT2D eigenvalue weighted by molar-refractivity contribution is 5.92. The van der Waals surface area contributed by atoms with Gasteiger partial charge in [-0.3, -0.25) is 9.59 Å². The zero-order valence-electron chi connectivity index (χ0n) is 13.9. The predicted octanol–water partition coefficient (Wildman–Crippen LogP) is 3.23. The van der Waals surface area contributed by atoms with Gasteiger partial charge in [-0.15, -0.1) is 0 Å². The van der Waals surface area contributed by atoms with E-state index in [9.17, 15) is 9.59 Å². The summed E-state index contributed by atoms with van der Waals surface area (Å²) >= 11 is 0. The first kappa shape index (κ1) is 16.0. The fourth-order valence-electron chi connectivity index (χ4n) is 3.20. The zero-order valence-corrected chi connectivity index (χ0v) is 13.9. The van der Waals surface area contributed by atoms with E-state index in [0.29, 0.717) is 12.3 Å². The van der Waals surface area contributed by atoms with E-state index in [1.807, 2.05) is 36.1 Å². The number of carbonyl (C=O) groups excluding carboxylic acids is 2. The Hall–Kier alpha value is -1.84. The van der Waals surface area contributed by atoms with Crippen molar-refractivity contribution < 1.29 is 9.59 Å².